The van der Waals surface area contributed by atoms with Crippen molar-refractivity contribution >= 4 is 14.4 Å². The first-order chi connectivity index (χ1) is 4.16. The SMILES string of the molecule is CCO[PH](=O)OC(=O)O.[Zn]. The molecule has 0 saturated carbocycles. The van der Waals surface area contributed by atoms with Gasteiger partial charge in [-0.15, -0.1) is 0 Å². The second kappa shape index (κ2) is 7.19. The average molecular weight is 219 g/mol. The van der Waals surface area contributed by atoms with Gasteiger partial charge in [-0.25, -0.2) is 9.36 Å². The zero-order valence-corrected chi connectivity index (χ0v) is 9.46. The van der Waals surface area contributed by atoms with Gasteiger partial charge in [0.2, 0.25) is 0 Å². The Bertz CT molecular complexity index is 126. The summed E-state index contributed by atoms with van der Waals surface area (Å²) >= 11 is 0. The number of hydrogen-bond acceptors (Lipinski definition) is 4. The normalized spacial score (nSPS) is 11.3. The Kier molecular flexibility index (Phi) is 9.16. The van der Waals surface area contributed by atoms with Crippen LogP contribution in [-0.2, 0) is 33.1 Å². The Morgan fingerprint density at radius 3 is 2.50 bits per heavy atom. The van der Waals surface area contributed by atoms with Crippen molar-refractivity contribution in [3.8, 4) is 0 Å². The van der Waals surface area contributed by atoms with Crippen LogP contribution in [0, 0.1) is 0 Å². The van der Waals surface area contributed by atoms with Crippen molar-refractivity contribution in [3.63, 3.8) is 0 Å². The minimum Gasteiger partial charge on any atom is -0.449 e. The Hall–Kier alpha value is 0.0834. The van der Waals surface area contributed by atoms with Crippen LogP contribution in [0.15, 0.2) is 0 Å². The molecular formula is C3H7O5PZn. The van der Waals surface area contributed by atoms with E-state index in [0.717, 1.165) is 0 Å². The zero-order chi connectivity index (χ0) is 7.28. The molecule has 1 unspecified atom stereocenters. The van der Waals surface area contributed by atoms with Crippen LogP contribution in [-0.4, -0.2) is 17.9 Å². The monoisotopic (exact) mass is 218 g/mol. The van der Waals surface area contributed by atoms with E-state index in [-0.39, 0.29) is 26.1 Å². The van der Waals surface area contributed by atoms with Gasteiger partial charge >= 0.3 is 14.4 Å². The summed E-state index contributed by atoms with van der Waals surface area (Å²) in [7, 11) is -2.79. The van der Waals surface area contributed by atoms with Crippen molar-refractivity contribution < 1.29 is 43.0 Å². The molecule has 0 aliphatic rings. The summed E-state index contributed by atoms with van der Waals surface area (Å²) < 4.78 is 18.2. The molecule has 0 rings (SSSR count). The fourth-order valence-corrected chi connectivity index (χ4v) is 0.656. The predicted octanol–water partition coefficient (Wildman–Crippen LogP) is 1.10. The third-order valence-corrected chi connectivity index (χ3v) is 1.30. The number of hydrogen-bond donors (Lipinski definition) is 1. The summed E-state index contributed by atoms with van der Waals surface area (Å²) in [5, 5.41) is 7.83. The molecule has 0 radical (unpaired) electrons. The van der Waals surface area contributed by atoms with E-state index in [1.165, 1.54) is 0 Å². The zero-order valence-electron chi connectivity index (χ0n) is 5.49. The molecule has 56 valence electrons. The first kappa shape index (κ1) is 12.7. The molecule has 10 heavy (non-hydrogen) atoms. The van der Waals surface area contributed by atoms with E-state index < -0.39 is 14.4 Å². The molecule has 0 aliphatic heterocycles. The van der Waals surface area contributed by atoms with Gasteiger partial charge in [0.15, 0.2) is 0 Å². The van der Waals surface area contributed by atoms with Crippen LogP contribution in [0.4, 0.5) is 4.79 Å². The molecule has 7 heteroatoms. The van der Waals surface area contributed by atoms with E-state index in [4.69, 9.17) is 5.11 Å². The van der Waals surface area contributed by atoms with Crippen LogP contribution >= 0.6 is 8.25 Å². The van der Waals surface area contributed by atoms with E-state index in [1.807, 2.05) is 0 Å². The van der Waals surface area contributed by atoms with Gasteiger partial charge in [0.05, 0.1) is 6.61 Å². The molecule has 0 saturated heterocycles. The molecule has 1 N–H and O–H groups in total. The Balaban J connectivity index is 0. The summed E-state index contributed by atoms with van der Waals surface area (Å²) in [6.07, 6.45) is -1.58. The first-order valence-electron chi connectivity index (χ1n) is 2.24. The summed E-state index contributed by atoms with van der Waals surface area (Å²) in [5.41, 5.74) is 0. The molecule has 0 aliphatic carbocycles. The second-order valence-corrected chi connectivity index (χ2v) is 2.04. The van der Waals surface area contributed by atoms with Crippen molar-refractivity contribution in [3.05, 3.63) is 0 Å². The molecule has 0 aromatic heterocycles. The second-order valence-electron chi connectivity index (χ2n) is 1.05. The molecule has 0 heterocycles. The molecule has 5 nitrogen and oxygen atoms in total. The maximum Gasteiger partial charge on any atom is 0.512 e. The summed E-state index contributed by atoms with van der Waals surface area (Å²) in [5.74, 6) is 0. The number of carbonyl (C=O) groups is 1. The van der Waals surface area contributed by atoms with Gasteiger partial charge in [0, 0.05) is 19.5 Å². The minimum atomic E-state index is -2.79. The van der Waals surface area contributed by atoms with Gasteiger partial charge in [0.1, 0.15) is 0 Å². The maximum atomic E-state index is 10.2. The Morgan fingerprint density at radius 2 is 2.20 bits per heavy atom. The topological polar surface area (TPSA) is 72.8 Å². The molecule has 0 spiro atoms. The van der Waals surface area contributed by atoms with E-state index in [0.29, 0.717) is 0 Å². The van der Waals surface area contributed by atoms with Gasteiger partial charge in [-0.3, -0.25) is 0 Å². The van der Waals surface area contributed by atoms with Gasteiger partial charge in [-0.05, 0) is 6.92 Å². The predicted molar refractivity (Wildman–Crippen MR) is 29.7 cm³/mol. The van der Waals surface area contributed by atoms with Crippen LogP contribution < -0.4 is 0 Å². The number of rotatable bonds is 3. The van der Waals surface area contributed by atoms with E-state index in [9.17, 15) is 9.36 Å². The quantitative estimate of drug-likeness (QED) is 0.568. The van der Waals surface area contributed by atoms with Crippen LogP contribution in [0.5, 0.6) is 0 Å². The molecular weight excluding hydrogens is 212 g/mol. The van der Waals surface area contributed by atoms with E-state index >= 15 is 0 Å². The van der Waals surface area contributed by atoms with Crippen LogP contribution in [0.3, 0.4) is 0 Å². The van der Waals surface area contributed by atoms with Crippen molar-refractivity contribution in [2.24, 2.45) is 0 Å². The van der Waals surface area contributed by atoms with Crippen molar-refractivity contribution in [2.75, 3.05) is 6.61 Å². The fourth-order valence-electron chi connectivity index (χ4n) is 0.219. The van der Waals surface area contributed by atoms with Gasteiger partial charge in [-0.2, -0.15) is 0 Å². The van der Waals surface area contributed by atoms with Gasteiger partial charge < -0.3 is 14.2 Å². The summed E-state index contributed by atoms with van der Waals surface area (Å²) in [6.45, 7) is 1.78. The molecule has 0 fully saturated rings. The summed E-state index contributed by atoms with van der Waals surface area (Å²) in [6, 6.07) is 0. The smallest absolute Gasteiger partial charge is 0.449 e. The molecule has 0 aromatic carbocycles. The van der Waals surface area contributed by atoms with E-state index in [1.54, 1.807) is 6.92 Å². The van der Waals surface area contributed by atoms with Crippen LogP contribution in [0.25, 0.3) is 0 Å². The van der Waals surface area contributed by atoms with Gasteiger partial charge in [0.25, 0.3) is 0 Å². The number of carboxylic acid groups (broad SMARTS) is 1. The van der Waals surface area contributed by atoms with E-state index in [2.05, 4.69) is 9.05 Å². The standard InChI is InChI=1S/C3H7O5P.Zn/c1-2-7-9(6)8-3(4)5;/h9H,2H2,1H3,(H,4,5);. The minimum absolute atomic E-state index is 0. The van der Waals surface area contributed by atoms with Crippen molar-refractivity contribution in [1.82, 2.24) is 0 Å². The third kappa shape index (κ3) is 8.08. The summed E-state index contributed by atoms with van der Waals surface area (Å²) in [4.78, 5) is 9.61. The average Bonchev–Trinajstić information content (AvgIpc) is 1.63. The molecule has 0 aromatic rings. The van der Waals surface area contributed by atoms with Crippen LogP contribution in [0.1, 0.15) is 6.92 Å². The Labute approximate surface area is 71.4 Å². The van der Waals surface area contributed by atoms with Gasteiger partial charge in [-0.1, -0.05) is 0 Å². The van der Waals surface area contributed by atoms with Crippen molar-refractivity contribution in [2.45, 2.75) is 6.92 Å². The van der Waals surface area contributed by atoms with Crippen LogP contribution in [0.2, 0.25) is 0 Å². The van der Waals surface area contributed by atoms with Crippen molar-refractivity contribution in [1.29, 1.82) is 0 Å². The first-order valence-corrected chi connectivity index (χ1v) is 3.46. The molecule has 0 bridgehead atoms. The Morgan fingerprint density at radius 1 is 1.70 bits per heavy atom. The molecule has 1 atom stereocenters. The third-order valence-electron chi connectivity index (χ3n) is 0.433. The largest absolute Gasteiger partial charge is 0.512 e. The maximum absolute atomic E-state index is 10.2. The molecule has 0 amide bonds. The fraction of sp³-hybridized carbons (Fsp3) is 0.667.